The van der Waals surface area contributed by atoms with E-state index in [-0.39, 0.29) is 11.3 Å². The molecule has 0 atom stereocenters. The van der Waals surface area contributed by atoms with Gasteiger partial charge < -0.3 is 10.2 Å². The second-order valence-electron chi connectivity index (χ2n) is 6.85. The van der Waals surface area contributed by atoms with Crippen molar-refractivity contribution in [3.63, 3.8) is 0 Å². The van der Waals surface area contributed by atoms with Crippen molar-refractivity contribution in [3.8, 4) is 0 Å². The number of carbonyl (C=O) groups excluding carboxylic acids is 2. The van der Waals surface area contributed by atoms with Crippen LogP contribution in [0.3, 0.4) is 0 Å². The predicted octanol–water partition coefficient (Wildman–Crippen LogP) is 2.87. The van der Waals surface area contributed by atoms with Crippen LogP contribution in [0.4, 0.5) is 0 Å². The largest absolute Gasteiger partial charge is 0.356 e. The maximum atomic E-state index is 12.2. The molecule has 4 heteroatoms. The number of piperidine rings is 1. The number of unbranched alkanes of at least 4 members (excludes halogenated alkanes) is 5. The van der Waals surface area contributed by atoms with Gasteiger partial charge in [-0.3, -0.25) is 9.59 Å². The molecule has 0 aromatic carbocycles. The van der Waals surface area contributed by atoms with Crippen molar-refractivity contribution in [2.75, 3.05) is 19.6 Å². The van der Waals surface area contributed by atoms with Gasteiger partial charge in [0, 0.05) is 32.5 Å². The van der Waals surface area contributed by atoms with Crippen molar-refractivity contribution < 1.29 is 9.59 Å². The smallest absolute Gasteiger partial charge is 0.222 e. The summed E-state index contributed by atoms with van der Waals surface area (Å²) in [5.74, 6) is 0.500. The van der Waals surface area contributed by atoms with Crippen LogP contribution in [0.2, 0.25) is 0 Å². The van der Waals surface area contributed by atoms with Gasteiger partial charge in [0.2, 0.25) is 11.8 Å². The van der Waals surface area contributed by atoms with Crippen LogP contribution in [0.1, 0.15) is 71.1 Å². The summed E-state index contributed by atoms with van der Waals surface area (Å²) in [6.45, 7) is 4.71. The molecular weight excluding hydrogens is 264 g/mol. The zero-order chi connectivity index (χ0) is 15.1. The minimum Gasteiger partial charge on any atom is -0.356 e. The first-order chi connectivity index (χ1) is 10.2. The van der Waals surface area contributed by atoms with E-state index in [4.69, 9.17) is 0 Å². The fourth-order valence-corrected chi connectivity index (χ4v) is 3.55. The second-order valence-corrected chi connectivity index (χ2v) is 6.85. The maximum Gasteiger partial charge on any atom is 0.222 e. The highest BCUT2D eigenvalue weighted by atomic mass is 16.2. The maximum absolute atomic E-state index is 12.2. The second kappa shape index (κ2) is 7.81. The Kier molecular flexibility index (Phi) is 6.07. The van der Waals surface area contributed by atoms with E-state index in [1.165, 1.54) is 32.1 Å². The highest BCUT2D eigenvalue weighted by molar-refractivity contribution is 5.79. The topological polar surface area (TPSA) is 49.4 Å². The molecule has 0 radical (unpaired) electrons. The average Bonchev–Trinajstić information content (AvgIpc) is 2.84. The van der Waals surface area contributed by atoms with Crippen LogP contribution in [-0.2, 0) is 9.59 Å². The lowest BCUT2D eigenvalue weighted by Gasteiger charge is -2.38. The first kappa shape index (κ1) is 16.3. The van der Waals surface area contributed by atoms with Gasteiger partial charge in [0.1, 0.15) is 0 Å². The molecule has 0 aromatic rings. The third-order valence-electron chi connectivity index (χ3n) is 5.12. The first-order valence-electron chi connectivity index (χ1n) is 8.70. The molecule has 2 fully saturated rings. The summed E-state index contributed by atoms with van der Waals surface area (Å²) >= 11 is 0. The summed E-state index contributed by atoms with van der Waals surface area (Å²) in [5, 5.41) is 2.94. The molecule has 21 heavy (non-hydrogen) atoms. The van der Waals surface area contributed by atoms with Crippen molar-refractivity contribution in [1.29, 1.82) is 0 Å². The third kappa shape index (κ3) is 4.72. The van der Waals surface area contributed by atoms with E-state index >= 15 is 0 Å². The minimum atomic E-state index is 0.147. The van der Waals surface area contributed by atoms with E-state index < -0.39 is 0 Å². The highest BCUT2D eigenvalue weighted by Crippen LogP contribution is 2.37. The molecule has 120 valence electrons. The molecule has 0 bridgehead atoms. The number of amides is 2. The van der Waals surface area contributed by atoms with Crippen molar-refractivity contribution in [3.05, 3.63) is 0 Å². The molecule has 2 heterocycles. The Balaban J connectivity index is 1.61. The number of nitrogens with one attached hydrogen (secondary N) is 1. The molecule has 1 N–H and O–H groups in total. The van der Waals surface area contributed by atoms with Gasteiger partial charge in [0.15, 0.2) is 0 Å². The minimum absolute atomic E-state index is 0.147. The molecular formula is C17H30N2O2. The Morgan fingerprint density at radius 1 is 1.14 bits per heavy atom. The van der Waals surface area contributed by atoms with E-state index in [0.717, 1.165) is 38.9 Å². The van der Waals surface area contributed by atoms with Crippen LogP contribution in [0.15, 0.2) is 0 Å². The van der Waals surface area contributed by atoms with E-state index in [1.807, 2.05) is 4.90 Å². The molecule has 4 nitrogen and oxygen atoms in total. The number of rotatable bonds is 7. The van der Waals surface area contributed by atoms with E-state index in [0.29, 0.717) is 18.7 Å². The molecule has 0 aliphatic carbocycles. The predicted molar refractivity (Wildman–Crippen MR) is 83.9 cm³/mol. The third-order valence-corrected chi connectivity index (χ3v) is 5.12. The van der Waals surface area contributed by atoms with Crippen molar-refractivity contribution in [1.82, 2.24) is 10.2 Å². The lowest BCUT2D eigenvalue weighted by molar-refractivity contribution is -0.133. The summed E-state index contributed by atoms with van der Waals surface area (Å²) in [5.41, 5.74) is 0.147. The number of carbonyl (C=O) groups is 2. The summed E-state index contributed by atoms with van der Waals surface area (Å²) in [7, 11) is 0. The molecule has 0 unspecified atom stereocenters. The number of hydrogen-bond acceptors (Lipinski definition) is 2. The Labute approximate surface area is 128 Å². The molecule has 0 saturated carbocycles. The van der Waals surface area contributed by atoms with Gasteiger partial charge in [-0.1, -0.05) is 39.0 Å². The fourth-order valence-electron chi connectivity index (χ4n) is 3.55. The molecule has 1 spiro atoms. The van der Waals surface area contributed by atoms with Gasteiger partial charge in [0.25, 0.3) is 0 Å². The monoisotopic (exact) mass is 294 g/mol. The molecule has 2 aliphatic heterocycles. The molecule has 2 rings (SSSR count). The van der Waals surface area contributed by atoms with Gasteiger partial charge in [0.05, 0.1) is 0 Å². The Morgan fingerprint density at radius 3 is 2.43 bits per heavy atom. The van der Waals surface area contributed by atoms with Crippen LogP contribution in [0.5, 0.6) is 0 Å². The van der Waals surface area contributed by atoms with Crippen molar-refractivity contribution in [2.24, 2.45) is 5.41 Å². The van der Waals surface area contributed by atoms with Gasteiger partial charge >= 0.3 is 0 Å². The summed E-state index contributed by atoms with van der Waals surface area (Å²) < 4.78 is 0. The van der Waals surface area contributed by atoms with Gasteiger partial charge in [-0.25, -0.2) is 0 Å². The molecule has 0 aromatic heterocycles. The van der Waals surface area contributed by atoms with E-state index in [1.54, 1.807) is 0 Å². The summed E-state index contributed by atoms with van der Waals surface area (Å²) in [6.07, 6.45) is 10.7. The zero-order valence-corrected chi connectivity index (χ0v) is 13.5. The zero-order valence-electron chi connectivity index (χ0n) is 13.5. The van der Waals surface area contributed by atoms with Gasteiger partial charge in [-0.05, 0) is 24.7 Å². The number of hydrogen-bond donors (Lipinski definition) is 1. The number of nitrogens with zero attached hydrogens (tertiary/aromatic N) is 1. The standard InChI is InChI=1S/C17H30N2O2/c1-2-3-4-5-6-7-8-16(21)19-11-9-17(10-12-19)13-15(20)18-14-17/h2-14H2,1H3,(H,18,20). The quantitative estimate of drug-likeness (QED) is 0.734. The van der Waals surface area contributed by atoms with Crippen LogP contribution < -0.4 is 5.32 Å². The van der Waals surface area contributed by atoms with E-state index in [9.17, 15) is 9.59 Å². The van der Waals surface area contributed by atoms with Crippen LogP contribution >= 0.6 is 0 Å². The van der Waals surface area contributed by atoms with Gasteiger partial charge in [-0.2, -0.15) is 0 Å². The van der Waals surface area contributed by atoms with Crippen LogP contribution in [0, 0.1) is 5.41 Å². The Morgan fingerprint density at radius 2 is 1.81 bits per heavy atom. The SMILES string of the molecule is CCCCCCCCC(=O)N1CCC2(CC1)CNC(=O)C2. The summed E-state index contributed by atoms with van der Waals surface area (Å²) in [6, 6.07) is 0. The molecule has 2 amide bonds. The Bertz CT molecular complexity index is 360. The fraction of sp³-hybridized carbons (Fsp3) is 0.882. The average molecular weight is 294 g/mol. The molecule has 2 aliphatic rings. The van der Waals surface area contributed by atoms with Crippen molar-refractivity contribution in [2.45, 2.75) is 71.1 Å². The first-order valence-corrected chi connectivity index (χ1v) is 8.70. The van der Waals surface area contributed by atoms with Gasteiger partial charge in [-0.15, -0.1) is 0 Å². The van der Waals surface area contributed by atoms with Crippen LogP contribution in [0.25, 0.3) is 0 Å². The Hall–Kier alpha value is -1.06. The van der Waals surface area contributed by atoms with E-state index in [2.05, 4.69) is 12.2 Å². The highest BCUT2D eigenvalue weighted by Gasteiger charge is 2.41. The normalized spacial score (nSPS) is 20.8. The lowest BCUT2D eigenvalue weighted by atomic mass is 9.77. The lowest BCUT2D eigenvalue weighted by Crippen LogP contribution is -2.43. The van der Waals surface area contributed by atoms with Crippen LogP contribution in [-0.4, -0.2) is 36.3 Å². The molecule has 2 saturated heterocycles. The number of likely N-dealkylation sites (tertiary alicyclic amines) is 1. The summed E-state index contributed by atoms with van der Waals surface area (Å²) in [4.78, 5) is 25.6. The van der Waals surface area contributed by atoms with Crippen molar-refractivity contribution >= 4 is 11.8 Å².